The van der Waals surface area contributed by atoms with Crippen LogP contribution in [-0.4, -0.2) is 0 Å². The molecule has 0 bridgehead atoms. The maximum Gasteiger partial charge on any atom is 0.196 e. The van der Waals surface area contributed by atoms with Crippen molar-refractivity contribution < 1.29 is 13.2 Å². The average Bonchev–Trinajstić information content (AvgIpc) is 2.71. The van der Waals surface area contributed by atoms with Crippen LogP contribution in [-0.2, 0) is 6.54 Å². The van der Waals surface area contributed by atoms with Crippen molar-refractivity contribution in [1.29, 1.82) is 0 Å². The Labute approximate surface area is 108 Å². The van der Waals surface area contributed by atoms with Gasteiger partial charge in [0.2, 0.25) is 0 Å². The van der Waals surface area contributed by atoms with E-state index in [-0.39, 0.29) is 5.69 Å². The second kappa shape index (κ2) is 5.10. The second-order valence-corrected chi connectivity index (χ2v) is 5.83. The number of nitrogens with one attached hydrogen (secondary N) is 1. The molecule has 0 saturated carbocycles. The topological polar surface area (TPSA) is 12.0 Å². The van der Waals surface area contributed by atoms with Gasteiger partial charge in [-0.15, -0.1) is 11.3 Å². The fraction of sp³-hybridized carbons (Fsp3) is 0.0909. The van der Waals surface area contributed by atoms with E-state index in [0.29, 0.717) is 6.54 Å². The van der Waals surface area contributed by atoms with E-state index in [2.05, 4.69) is 21.2 Å². The van der Waals surface area contributed by atoms with Crippen LogP contribution >= 0.6 is 27.3 Å². The van der Waals surface area contributed by atoms with Crippen LogP contribution in [0.1, 0.15) is 4.88 Å². The largest absolute Gasteiger partial charge is 0.378 e. The second-order valence-electron chi connectivity index (χ2n) is 3.28. The molecule has 0 unspecified atom stereocenters. The molecule has 1 aromatic heterocycles. The number of halogens is 4. The van der Waals surface area contributed by atoms with Gasteiger partial charge in [0.05, 0.1) is 9.47 Å². The van der Waals surface area contributed by atoms with Gasteiger partial charge in [-0.3, -0.25) is 0 Å². The van der Waals surface area contributed by atoms with E-state index in [9.17, 15) is 13.2 Å². The number of hydrogen-bond acceptors (Lipinski definition) is 2. The lowest BCUT2D eigenvalue weighted by Crippen LogP contribution is -2.02. The van der Waals surface area contributed by atoms with Gasteiger partial charge in [-0.25, -0.2) is 13.2 Å². The quantitative estimate of drug-likeness (QED) is 0.818. The van der Waals surface area contributed by atoms with Crippen LogP contribution in [0.5, 0.6) is 0 Å². The third kappa shape index (κ3) is 2.81. The molecule has 0 radical (unpaired) electrons. The molecular weight excluding hydrogens is 315 g/mol. The van der Waals surface area contributed by atoms with Crippen LogP contribution < -0.4 is 5.32 Å². The molecule has 2 aromatic rings. The van der Waals surface area contributed by atoms with Gasteiger partial charge in [0, 0.05) is 11.4 Å². The summed E-state index contributed by atoms with van der Waals surface area (Å²) in [7, 11) is 0. The highest BCUT2D eigenvalue weighted by molar-refractivity contribution is 9.11. The highest BCUT2D eigenvalue weighted by atomic mass is 79.9. The molecule has 1 nitrogen and oxygen atoms in total. The monoisotopic (exact) mass is 321 g/mol. The Morgan fingerprint density at radius 3 is 2.47 bits per heavy atom. The average molecular weight is 322 g/mol. The fourth-order valence-electron chi connectivity index (χ4n) is 1.29. The molecule has 6 heteroatoms. The van der Waals surface area contributed by atoms with Crippen LogP contribution in [0.15, 0.2) is 28.1 Å². The SMILES string of the molecule is Fc1ccc(NCc2ccc(Br)s2)c(F)c1F. The first-order valence-corrected chi connectivity index (χ1v) is 6.30. The zero-order chi connectivity index (χ0) is 12.4. The zero-order valence-electron chi connectivity index (χ0n) is 8.44. The van der Waals surface area contributed by atoms with Crippen LogP contribution in [0.25, 0.3) is 0 Å². The van der Waals surface area contributed by atoms with Crippen LogP contribution in [0.4, 0.5) is 18.9 Å². The van der Waals surface area contributed by atoms with Gasteiger partial charge in [-0.05, 0) is 40.2 Å². The maximum atomic E-state index is 13.3. The lowest BCUT2D eigenvalue weighted by atomic mass is 10.2. The summed E-state index contributed by atoms with van der Waals surface area (Å²) in [5.74, 6) is -3.84. The van der Waals surface area contributed by atoms with Gasteiger partial charge in [-0.1, -0.05) is 0 Å². The summed E-state index contributed by atoms with van der Waals surface area (Å²) in [5, 5.41) is 2.72. The third-order valence-electron chi connectivity index (χ3n) is 2.12. The van der Waals surface area contributed by atoms with Crippen molar-refractivity contribution in [3.05, 3.63) is 50.4 Å². The lowest BCUT2D eigenvalue weighted by Gasteiger charge is -2.06. The lowest BCUT2D eigenvalue weighted by molar-refractivity contribution is 0.449. The van der Waals surface area contributed by atoms with Crippen molar-refractivity contribution in [2.24, 2.45) is 0 Å². The van der Waals surface area contributed by atoms with Gasteiger partial charge in [-0.2, -0.15) is 0 Å². The molecule has 1 N–H and O–H groups in total. The van der Waals surface area contributed by atoms with E-state index in [1.54, 1.807) is 0 Å². The smallest absolute Gasteiger partial charge is 0.196 e. The molecule has 1 heterocycles. The molecule has 1 aromatic carbocycles. The first-order chi connectivity index (χ1) is 8.08. The van der Waals surface area contributed by atoms with Gasteiger partial charge in [0.1, 0.15) is 0 Å². The molecule has 0 atom stereocenters. The number of hydrogen-bond donors (Lipinski definition) is 1. The first kappa shape index (κ1) is 12.4. The summed E-state index contributed by atoms with van der Waals surface area (Å²) in [5.41, 5.74) is -0.0478. The summed E-state index contributed by atoms with van der Waals surface area (Å²) in [4.78, 5) is 0.959. The summed E-state index contributed by atoms with van der Waals surface area (Å²) >= 11 is 4.79. The highest BCUT2D eigenvalue weighted by Gasteiger charge is 2.12. The van der Waals surface area contributed by atoms with Crippen LogP contribution in [0.2, 0.25) is 0 Å². The van der Waals surface area contributed by atoms with E-state index in [1.165, 1.54) is 17.4 Å². The van der Waals surface area contributed by atoms with Gasteiger partial charge >= 0.3 is 0 Å². The minimum Gasteiger partial charge on any atom is -0.378 e. The molecule has 0 fully saturated rings. The van der Waals surface area contributed by atoms with Gasteiger partial charge in [0.25, 0.3) is 0 Å². The molecular formula is C11H7BrF3NS. The molecule has 90 valence electrons. The Balaban J connectivity index is 2.12. The molecule has 0 aliphatic carbocycles. The number of rotatable bonds is 3. The van der Waals surface area contributed by atoms with Crippen molar-refractivity contribution in [3.8, 4) is 0 Å². The van der Waals surface area contributed by atoms with E-state index in [4.69, 9.17) is 0 Å². The Bertz CT molecular complexity index is 542. The summed E-state index contributed by atoms with van der Waals surface area (Å²) in [6.07, 6.45) is 0. The predicted molar refractivity (Wildman–Crippen MR) is 65.7 cm³/mol. The Kier molecular flexibility index (Phi) is 3.73. The van der Waals surface area contributed by atoms with Crippen molar-refractivity contribution in [2.45, 2.75) is 6.54 Å². The summed E-state index contributed by atoms with van der Waals surface area (Å²) in [6, 6.07) is 5.80. The molecule has 0 aliphatic heterocycles. The molecule has 0 amide bonds. The maximum absolute atomic E-state index is 13.3. The van der Waals surface area contributed by atoms with Crippen LogP contribution in [0.3, 0.4) is 0 Å². The normalized spacial score (nSPS) is 10.6. The molecule has 2 rings (SSSR count). The van der Waals surface area contributed by atoms with E-state index in [0.717, 1.165) is 14.7 Å². The van der Waals surface area contributed by atoms with Crippen molar-refractivity contribution in [1.82, 2.24) is 0 Å². The zero-order valence-corrected chi connectivity index (χ0v) is 10.8. The standard InChI is InChI=1S/C11H7BrF3NS/c12-9-4-1-6(17-9)5-16-8-3-2-7(13)10(14)11(8)15/h1-4,16H,5H2. The van der Waals surface area contributed by atoms with Crippen LogP contribution in [0, 0.1) is 17.5 Å². The molecule has 17 heavy (non-hydrogen) atoms. The van der Waals surface area contributed by atoms with Crippen molar-refractivity contribution in [2.75, 3.05) is 5.32 Å². The summed E-state index contributed by atoms with van der Waals surface area (Å²) < 4.78 is 39.9. The molecule has 0 aliphatic rings. The number of thiophene rings is 1. The Hall–Kier alpha value is -1.01. The summed E-state index contributed by atoms with van der Waals surface area (Å²) in [6.45, 7) is 0.359. The highest BCUT2D eigenvalue weighted by Crippen LogP contribution is 2.24. The van der Waals surface area contributed by atoms with Crippen molar-refractivity contribution >= 4 is 33.0 Å². The minimum atomic E-state index is -1.46. The minimum absolute atomic E-state index is 0.0478. The van der Waals surface area contributed by atoms with E-state index in [1.807, 2.05) is 12.1 Å². The Morgan fingerprint density at radius 2 is 1.82 bits per heavy atom. The van der Waals surface area contributed by atoms with Crippen molar-refractivity contribution in [3.63, 3.8) is 0 Å². The van der Waals surface area contributed by atoms with Gasteiger partial charge in [0.15, 0.2) is 17.5 Å². The third-order valence-corrected chi connectivity index (χ3v) is 3.74. The Morgan fingerprint density at radius 1 is 1.06 bits per heavy atom. The predicted octanol–water partition coefficient (Wildman–Crippen LogP) is 4.54. The van der Waals surface area contributed by atoms with Gasteiger partial charge < -0.3 is 5.32 Å². The number of anilines is 1. The first-order valence-electron chi connectivity index (χ1n) is 4.69. The molecule has 0 spiro atoms. The number of benzene rings is 1. The van der Waals surface area contributed by atoms with E-state index < -0.39 is 17.5 Å². The van der Waals surface area contributed by atoms with E-state index >= 15 is 0 Å². The fourth-order valence-corrected chi connectivity index (χ4v) is 2.71. The molecule has 0 saturated heterocycles.